The molecule has 65 heavy (non-hydrogen) atoms. The molecule has 0 aliphatic rings. The maximum Gasteiger partial charge on any atom is 0.220 e. The van der Waals surface area contributed by atoms with Crippen molar-refractivity contribution in [3.8, 4) is 0 Å². The van der Waals surface area contributed by atoms with Crippen LogP contribution in [0.5, 0.6) is 0 Å². The summed E-state index contributed by atoms with van der Waals surface area (Å²) in [6, 6.07) is -0.664. The van der Waals surface area contributed by atoms with E-state index in [1.165, 1.54) is 77.0 Å². The number of aliphatic hydroxyl groups is 2. The second-order valence-corrected chi connectivity index (χ2v) is 17.2. The van der Waals surface area contributed by atoms with Gasteiger partial charge in [0.25, 0.3) is 0 Å². The van der Waals surface area contributed by atoms with E-state index in [1.54, 1.807) is 6.08 Å². The molecule has 0 rings (SSSR count). The Bertz CT molecular complexity index is 1380. The highest BCUT2D eigenvalue weighted by atomic mass is 16.3. The van der Waals surface area contributed by atoms with Gasteiger partial charge in [0.1, 0.15) is 0 Å². The zero-order valence-corrected chi connectivity index (χ0v) is 41.9. The fraction of sp³-hybridized carbons (Fsp3) is 0.590. The van der Waals surface area contributed by atoms with Crippen molar-refractivity contribution in [3.63, 3.8) is 0 Å². The number of carbonyl (C=O) groups excluding carboxylic acids is 1. The molecule has 366 valence electrons. The number of unbranched alkanes of at least 4 members (excludes halogenated alkanes) is 17. The molecular formula is C61H99NO3. The summed E-state index contributed by atoms with van der Waals surface area (Å²) in [5, 5.41) is 23.1. The van der Waals surface area contributed by atoms with E-state index < -0.39 is 12.1 Å². The first-order valence-corrected chi connectivity index (χ1v) is 26.5. The zero-order chi connectivity index (χ0) is 47.0. The van der Waals surface area contributed by atoms with E-state index in [0.29, 0.717) is 6.42 Å². The number of allylic oxidation sites excluding steroid dienone is 23. The maximum atomic E-state index is 12.4. The second-order valence-electron chi connectivity index (χ2n) is 17.2. The van der Waals surface area contributed by atoms with Crippen LogP contribution in [0.15, 0.2) is 146 Å². The predicted octanol–water partition coefficient (Wildman–Crippen LogP) is 17.6. The molecule has 1 amide bonds. The molecule has 2 atom stereocenters. The monoisotopic (exact) mass is 894 g/mol. The molecule has 0 fully saturated rings. The van der Waals surface area contributed by atoms with Gasteiger partial charge in [-0.25, -0.2) is 0 Å². The van der Waals surface area contributed by atoms with Crippen LogP contribution in [-0.2, 0) is 4.79 Å². The van der Waals surface area contributed by atoms with Crippen LogP contribution in [0.2, 0.25) is 0 Å². The van der Waals surface area contributed by atoms with Crippen LogP contribution in [-0.4, -0.2) is 34.9 Å². The Morgan fingerprint density at radius 2 is 0.692 bits per heavy atom. The van der Waals surface area contributed by atoms with Gasteiger partial charge in [-0.3, -0.25) is 4.79 Å². The number of carbonyl (C=O) groups is 1. The highest BCUT2D eigenvalue weighted by molar-refractivity contribution is 5.76. The van der Waals surface area contributed by atoms with Gasteiger partial charge in [0.15, 0.2) is 0 Å². The smallest absolute Gasteiger partial charge is 0.220 e. The van der Waals surface area contributed by atoms with Crippen LogP contribution in [0.25, 0.3) is 0 Å². The molecule has 0 bridgehead atoms. The van der Waals surface area contributed by atoms with Crippen LogP contribution < -0.4 is 5.32 Å². The van der Waals surface area contributed by atoms with Gasteiger partial charge in [0.05, 0.1) is 18.8 Å². The van der Waals surface area contributed by atoms with E-state index >= 15 is 0 Å². The summed E-state index contributed by atoms with van der Waals surface area (Å²) in [6.07, 6.45) is 86.9. The molecule has 4 nitrogen and oxygen atoms in total. The first-order chi connectivity index (χ1) is 32.2. The molecule has 0 aromatic carbocycles. The normalized spacial score (nSPS) is 14.1. The second kappa shape index (κ2) is 54.6. The lowest BCUT2D eigenvalue weighted by Gasteiger charge is -2.19. The van der Waals surface area contributed by atoms with Crippen molar-refractivity contribution in [3.05, 3.63) is 146 Å². The summed E-state index contributed by atoms with van der Waals surface area (Å²) in [5.74, 6) is -0.105. The van der Waals surface area contributed by atoms with E-state index in [1.807, 2.05) is 6.08 Å². The van der Waals surface area contributed by atoms with Crippen LogP contribution >= 0.6 is 0 Å². The Kier molecular flexibility index (Phi) is 51.5. The molecule has 0 aliphatic carbocycles. The number of rotatable bonds is 46. The van der Waals surface area contributed by atoms with Gasteiger partial charge >= 0.3 is 0 Å². The Hall–Kier alpha value is -3.73. The summed E-state index contributed by atoms with van der Waals surface area (Å²) in [5.41, 5.74) is 0. The molecule has 0 radical (unpaired) electrons. The third kappa shape index (κ3) is 51.1. The summed E-state index contributed by atoms with van der Waals surface area (Å²) >= 11 is 0. The van der Waals surface area contributed by atoms with Gasteiger partial charge < -0.3 is 15.5 Å². The fourth-order valence-corrected chi connectivity index (χ4v) is 7.04. The van der Waals surface area contributed by atoms with Crippen molar-refractivity contribution in [2.24, 2.45) is 0 Å². The van der Waals surface area contributed by atoms with Crippen LogP contribution in [0.4, 0.5) is 0 Å². The SMILES string of the molecule is CC/C=C\C/C=C\C/C=C\C/C=C\C/C=C\C/C=C\C/C=C\C/C=C\C/C=C\C/C=C\CCCCCCC(=O)NC(CO)C(O)/C=C/CC/C=C/CCCCCCCCCCCCCC. The molecule has 0 spiro atoms. The van der Waals surface area contributed by atoms with Gasteiger partial charge in [0.2, 0.25) is 5.91 Å². The Balaban J connectivity index is 3.74. The van der Waals surface area contributed by atoms with Crippen LogP contribution in [0, 0.1) is 0 Å². The highest BCUT2D eigenvalue weighted by Gasteiger charge is 2.17. The van der Waals surface area contributed by atoms with Gasteiger partial charge in [-0.2, -0.15) is 0 Å². The molecule has 0 aromatic heterocycles. The largest absolute Gasteiger partial charge is 0.394 e. The maximum absolute atomic E-state index is 12.4. The van der Waals surface area contributed by atoms with Crippen LogP contribution in [0.3, 0.4) is 0 Å². The number of nitrogens with one attached hydrogen (secondary N) is 1. The lowest BCUT2D eigenvalue weighted by Crippen LogP contribution is -2.45. The fourth-order valence-electron chi connectivity index (χ4n) is 7.04. The minimum absolute atomic E-state index is 0.105. The molecule has 0 saturated carbocycles. The molecule has 0 aliphatic heterocycles. The minimum atomic E-state index is -0.884. The lowest BCUT2D eigenvalue weighted by atomic mass is 10.0. The van der Waals surface area contributed by atoms with E-state index in [9.17, 15) is 15.0 Å². The Morgan fingerprint density at radius 3 is 1.08 bits per heavy atom. The first-order valence-electron chi connectivity index (χ1n) is 26.5. The quantitative estimate of drug-likeness (QED) is 0.0421. The van der Waals surface area contributed by atoms with Gasteiger partial charge in [0, 0.05) is 6.42 Å². The standard InChI is InChI=1S/C61H99NO3/c1-3-5-7-9-11-13-15-17-19-21-23-24-25-26-27-28-29-30-31-32-33-34-35-36-37-38-39-41-43-45-47-49-51-53-55-57-61(65)62-59(58-63)60(64)56-54-52-50-48-46-44-42-40-22-20-18-16-14-12-10-8-6-4-2/h5,7,11,13,17,19,23-24,26-27,29-30,32-33,35-36,38-39,43,45-46,48,54,56,59-60,63-64H,3-4,6,8-10,12,14-16,18,20-22,25,28,31,34,37,40-42,44,47,49-53,55,57-58H2,1-2H3,(H,62,65)/b7-5-,13-11-,19-17-,24-23-,27-26-,30-29-,33-32-,36-35-,39-38-,45-43-,48-46+,56-54+. The van der Waals surface area contributed by atoms with Crippen LogP contribution in [0.1, 0.15) is 213 Å². The van der Waals surface area contributed by atoms with E-state index in [0.717, 1.165) is 116 Å². The summed E-state index contributed by atoms with van der Waals surface area (Å²) in [7, 11) is 0. The Morgan fingerprint density at radius 1 is 0.385 bits per heavy atom. The number of hydrogen-bond donors (Lipinski definition) is 3. The highest BCUT2D eigenvalue weighted by Crippen LogP contribution is 2.13. The molecule has 0 saturated heterocycles. The average molecular weight is 894 g/mol. The molecular weight excluding hydrogens is 795 g/mol. The zero-order valence-electron chi connectivity index (χ0n) is 41.9. The van der Waals surface area contributed by atoms with Gasteiger partial charge in [-0.05, 0) is 109 Å². The predicted molar refractivity (Wildman–Crippen MR) is 289 cm³/mol. The summed E-state index contributed by atoms with van der Waals surface area (Å²) in [4.78, 5) is 12.4. The minimum Gasteiger partial charge on any atom is -0.394 e. The first kappa shape index (κ1) is 61.3. The number of aliphatic hydroxyl groups excluding tert-OH is 2. The van der Waals surface area contributed by atoms with Crippen molar-refractivity contribution < 1.29 is 15.0 Å². The number of hydrogen-bond acceptors (Lipinski definition) is 3. The van der Waals surface area contributed by atoms with Crippen molar-refractivity contribution in [2.45, 2.75) is 225 Å². The lowest BCUT2D eigenvalue weighted by molar-refractivity contribution is -0.123. The number of amides is 1. The van der Waals surface area contributed by atoms with E-state index in [-0.39, 0.29) is 12.5 Å². The molecule has 4 heteroatoms. The van der Waals surface area contributed by atoms with Crippen molar-refractivity contribution in [1.82, 2.24) is 5.32 Å². The van der Waals surface area contributed by atoms with Gasteiger partial charge in [-0.15, -0.1) is 0 Å². The third-order valence-corrected chi connectivity index (χ3v) is 11.1. The Labute approximate surface area is 402 Å². The van der Waals surface area contributed by atoms with Crippen molar-refractivity contribution in [1.29, 1.82) is 0 Å². The van der Waals surface area contributed by atoms with E-state index in [2.05, 4.69) is 153 Å². The topological polar surface area (TPSA) is 69.6 Å². The van der Waals surface area contributed by atoms with Crippen molar-refractivity contribution in [2.75, 3.05) is 6.61 Å². The molecule has 3 N–H and O–H groups in total. The summed E-state index contributed by atoms with van der Waals surface area (Å²) in [6.45, 7) is 4.16. The molecule has 2 unspecified atom stereocenters. The summed E-state index contributed by atoms with van der Waals surface area (Å²) < 4.78 is 0. The average Bonchev–Trinajstić information content (AvgIpc) is 3.31. The molecule has 0 heterocycles. The van der Waals surface area contributed by atoms with E-state index in [4.69, 9.17) is 0 Å². The van der Waals surface area contributed by atoms with Crippen molar-refractivity contribution >= 4 is 5.91 Å². The molecule has 0 aromatic rings. The van der Waals surface area contributed by atoms with Gasteiger partial charge in [-0.1, -0.05) is 243 Å². The third-order valence-electron chi connectivity index (χ3n) is 11.1.